The zero-order valence-corrected chi connectivity index (χ0v) is 14.6. The molecule has 0 amide bonds. The number of sulfonamides is 1. The van der Waals surface area contributed by atoms with E-state index in [-0.39, 0.29) is 16.8 Å². The van der Waals surface area contributed by atoms with E-state index < -0.39 is 21.3 Å². The molecule has 1 aromatic heterocycles. The van der Waals surface area contributed by atoms with Gasteiger partial charge in [-0.15, -0.1) is 0 Å². The molecule has 3 rings (SSSR count). The predicted octanol–water partition coefficient (Wildman–Crippen LogP) is 0.716. The molecule has 3 aromatic rings. The van der Waals surface area contributed by atoms with E-state index in [0.29, 0.717) is 5.52 Å². The molecule has 0 bridgehead atoms. The van der Waals surface area contributed by atoms with E-state index in [1.165, 1.54) is 36.9 Å². The van der Waals surface area contributed by atoms with Gasteiger partial charge in [0.1, 0.15) is 0 Å². The summed E-state index contributed by atoms with van der Waals surface area (Å²) in [5, 5.41) is 0.173. The Morgan fingerprint density at radius 2 is 1.64 bits per heavy atom. The van der Waals surface area contributed by atoms with Crippen LogP contribution in [0.4, 0.5) is 0 Å². The van der Waals surface area contributed by atoms with Crippen LogP contribution in [0.3, 0.4) is 0 Å². The highest BCUT2D eigenvalue weighted by Crippen LogP contribution is 2.15. The molecule has 0 spiro atoms. The maximum Gasteiger partial charge on any atom is 0.330 e. The molecular weight excluding hydrogens is 342 g/mol. The van der Waals surface area contributed by atoms with E-state index in [1.807, 2.05) is 30.3 Å². The molecule has 0 saturated heterocycles. The Kier molecular flexibility index (Phi) is 4.32. The SMILES string of the molecule is Cn1c(=O)c2cc(S(=O)(=O)NCc3ccccc3)ccc2n(C)c1=O. The monoisotopic (exact) mass is 359 g/mol. The van der Waals surface area contributed by atoms with Crippen LogP contribution in [-0.4, -0.2) is 17.6 Å². The Morgan fingerprint density at radius 3 is 2.32 bits per heavy atom. The average Bonchev–Trinajstić information content (AvgIpc) is 2.63. The number of fused-ring (bicyclic) bond motifs is 1. The predicted molar refractivity (Wildman–Crippen MR) is 94.9 cm³/mol. The quantitative estimate of drug-likeness (QED) is 0.743. The van der Waals surface area contributed by atoms with Crippen molar-refractivity contribution in [2.45, 2.75) is 11.4 Å². The normalized spacial score (nSPS) is 11.8. The Morgan fingerprint density at radius 1 is 0.960 bits per heavy atom. The van der Waals surface area contributed by atoms with Gasteiger partial charge in [-0.3, -0.25) is 13.9 Å². The van der Waals surface area contributed by atoms with Gasteiger partial charge in [0, 0.05) is 20.6 Å². The summed E-state index contributed by atoms with van der Waals surface area (Å²) in [6.07, 6.45) is 0. The summed E-state index contributed by atoms with van der Waals surface area (Å²) in [4.78, 5) is 24.2. The van der Waals surface area contributed by atoms with Crippen LogP contribution < -0.4 is 16.0 Å². The molecule has 0 atom stereocenters. The number of nitrogens with zero attached hydrogens (tertiary/aromatic N) is 2. The molecule has 0 aliphatic heterocycles. The fraction of sp³-hybridized carbons (Fsp3) is 0.176. The summed E-state index contributed by atoms with van der Waals surface area (Å²) in [6.45, 7) is 0.145. The minimum atomic E-state index is -3.79. The van der Waals surface area contributed by atoms with Crippen molar-refractivity contribution in [1.82, 2.24) is 13.9 Å². The van der Waals surface area contributed by atoms with Crippen LogP contribution in [0.15, 0.2) is 63.0 Å². The lowest BCUT2D eigenvalue weighted by atomic mass is 10.2. The number of nitrogens with one attached hydrogen (secondary N) is 1. The molecule has 1 N–H and O–H groups in total. The third-order valence-electron chi connectivity index (χ3n) is 4.06. The first-order valence-corrected chi connectivity index (χ1v) is 9.03. The Hall–Kier alpha value is -2.71. The van der Waals surface area contributed by atoms with Crippen LogP contribution >= 0.6 is 0 Å². The highest BCUT2D eigenvalue weighted by Gasteiger charge is 2.17. The first-order chi connectivity index (χ1) is 11.8. The van der Waals surface area contributed by atoms with Gasteiger partial charge in [-0.2, -0.15) is 0 Å². The molecule has 1 heterocycles. The molecule has 0 unspecified atom stereocenters. The molecule has 130 valence electrons. The molecule has 0 aliphatic carbocycles. The summed E-state index contributed by atoms with van der Waals surface area (Å²) in [5.41, 5.74) is 0.216. The topological polar surface area (TPSA) is 90.2 Å². The highest BCUT2D eigenvalue weighted by molar-refractivity contribution is 7.89. The molecule has 25 heavy (non-hydrogen) atoms. The van der Waals surface area contributed by atoms with Gasteiger partial charge in [-0.05, 0) is 23.8 Å². The number of rotatable bonds is 4. The third kappa shape index (κ3) is 3.13. The van der Waals surface area contributed by atoms with E-state index in [4.69, 9.17) is 0 Å². The molecule has 0 radical (unpaired) electrons. The zero-order valence-electron chi connectivity index (χ0n) is 13.8. The van der Waals surface area contributed by atoms with Crippen LogP contribution in [0.5, 0.6) is 0 Å². The van der Waals surface area contributed by atoms with E-state index in [2.05, 4.69) is 4.72 Å². The van der Waals surface area contributed by atoms with Crippen LogP contribution in [0, 0.1) is 0 Å². The van der Waals surface area contributed by atoms with Crippen LogP contribution in [0.1, 0.15) is 5.56 Å². The number of aromatic nitrogens is 2. The Balaban J connectivity index is 2.04. The van der Waals surface area contributed by atoms with Crippen LogP contribution in [-0.2, 0) is 30.7 Å². The number of hydrogen-bond acceptors (Lipinski definition) is 4. The molecular formula is C17H17N3O4S. The van der Waals surface area contributed by atoms with Gasteiger partial charge in [0.25, 0.3) is 5.56 Å². The second kappa shape index (κ2) is 6.30. The molecule has 7 nitrogen and oxygen atoms in total. The van der Waals surface area contributed by atoms with Crippen molar-refractivity contribution in [3.8, 4) is 0 Å². The summed E-state index contributed by atoms with van der Waals surface area (Å²) >= 11 is 0. The van der Waals surface area contributed by atoms with E-state index in [9.17, 15) is 18.0 Å². The minimum Gasteiger partial charge on any atom is -0.296 e. The van der Waals surface area contributed by atoms with Gasteiger partial charge in [0.05, 0.1) is 15.8 Å². The number of benzene rings is 2. The standard InChI is InChI=1S/C17H17N3O4S/c1-19-15-9-8-13(10-14(15)16(21)20(2)17(19)22)25(23,24)18-11-12-6-4-3-5-7-12/h3-10,18H,11H2,1-2H3. The highest BCUT2D eigenvalue weighted by atomic mass is 32.2. The second-order valence-corrected chi connectivity index (χ2v) is 7.46. The fourth-order valence-electron chi connectivity index (χ4n) is 2.60. The van der Waals surface area contributed by atoms with Crippen molar-refractivity contribution in [1.29, 1.82) is 0 Å². The lowest BCUT2D eigenvalue weighted by Crippen LogP contribution is -2.37. The van der Waals surface area contributed by atoms with Gasteiger partial charge >= 0.3 is 5.69 Å². The van der Waals surface area contributed by atoms with Gasteiger partial charge in [0.2, 0.25) is 10.0 Å². The molecule has 0 aliphatic rings. The Bertz CT molecular complexity index is 1160. The third-order valence-corrected chi connectivity index (χ3v) is 5.46. The van der Waals surface area contributed by atoms with Crippen molar-refractivity contribution in [3.05, 3.63) is 74.9 Å². The zero-order chi connectivity index (χ0) is 18.2. The fourth-order valence-corrected chi connectivity index (χ4v) is 3.64. The van der Waals surface area contributed by atoms with Crippen molar-refractivity contribution >= 4 is 20.9 Å². The Labute approximate surface area is 144 Å². The van der Waals surface area contributed by atoms with E-state index in [1.54, 1.807) is 0 Å². The average molecular weight is 359 g/mol. The molecule has 2 aromatic carbocycles. The van der Waals surface area contributed by atoms with Crippen molar-refractivity contribution in [2.24, 2.45) is 14.1 Å². The maximum absolute atomic E-state index is 12.5. The minimum absolute atomic E-state index is 0.0216. The number of hydrogen-bond donors (Lipinski definition) is 1. The van der Waals surface area contributed by atoms with Gasteiger partial charge in [0.15, 0.2) is 0 Å². The van der Waals surface area contributed by atoms with Crippen LogP contribution in [0.25, 0.3) is 10.9 Å². The largest absolute Gasteiger partial charge is 0.330 e. The van der Waals surface area contributed by atoms with Gasteiger partial charge in [-0.1, -0.05) is 30.3 Å². The van der Waals surface area contributed by atoms with Crippen molar-refractivity contribution in [3.63, 3.8) is 0 Å². The lowest BCUT2D eigenvalue weighted by Gasteiger charge is -2.10. The summed E-state index contributed by atoms with van der Waals surface area (Å²) in [5.74, 6) is 0. The van der Waals surface area contributed by atoms with Gasteiger partial charge < -0.3 is 0 Å². The molecule has 0 saturated carbocycles. The summed E-state index contributed by atoms with van der Waals surface area (Å²) < 4.78 is 29.8. The van der Waals surface area contributed by atoms with E-state index in [0.717, 1.165) is 10.1 Å². The smallest absolute Gasteiger partial charge is 0.296 e. The first kappa shape index (κ1) is 17.1. The summed E-state index contributed by atoms with van der Waals surface area (Å²) in [6, 6.07) is 13.3. The van der Waals surface area contributed by atoms with Crippen LogP contribution in [0.2, 0.25) is 0 Å². The van der Waals surface area contributed by atoms with Gasteiger partial charge in [-0.25, -0.2) is 17.9 Å². The summed E-state index contributed by atoms with van der Waals surface area (Å²) in [7, 11) is -0.894. The molecule has 0 fully saturated rings. The first-order valence-electron chi connectivity index (χ1n) is 7.54. The lowest BCUT2D eigenvalue weighted by molar-refractivity contribution is 0.581. The van der Waals surface area contributed by atoms with Crippen molar-refractivity contribution < 1.29 is 8.42 Å². The maximum atomic E-state index is 12.5. The second-order valence-electron chi connectivity index (χ2n) is 5.69. The van der Waals surface area contributed by atoms with E-state index >= 15 is 0 Å². The molecule has 8 heteroatoms. The van der Waals surface area contributed by atoms with Crippen molar-refractivity contribution in [2.75, 3.05) is 0 Å². The number of aryl methyl sites for hydroxylation is 1.